The van der Waals surface area contributed by atoms with Gasteiger partial charge in [0.15, 0.2) is 0 Å². The first-order chi connectivity index (χ1) is 15.0. The Morgan fingerprint density at radius 1 is 0.935 bits per heavy atom. The number of halogens is 1. The Morgan fingerprint density at radius 2 is 1.58 bits per heavy atom. The van der Waals surface area contributed by atoms with Crippen molar-refractivity contribution in [2.24, 2.45) is 0 Å². The predicted octanol–water partition coefficient (Wildman–Crippen LogP) is 2.66. The number of aromatic nitrogens is 2. The highest BCUT2D eigenvalue weighted by Gasteiger charge is 2.19. The zero-order valence-corrected chi connectivity index (χ0v) is 17.3. The lowest BCUT2D eigenvalue weighted by Crippen LogP contribution is -2.47. The normalized spacial score (nSPS) is 13.9. The van der Waals surface area contributed by atoms with Crippen molar-refractivity contribution in [2.75, 3.05) is 41.3 Å². The molecule has 2 aromatic carbocycles. The first kappa shape index (κ1) is 20.6. The first-order valence-electron chi connectivity index (χ1n) is 10.2. The van der Waals surface area contributed by atoms with E-state index in [9.17, 15) is 14.0 Å². The minimum Gasteiger partial charge on any atom is -0.368 e. The van der Waals surface area contributed by atoms with E-state index in [2.05, 4.69) is 20.2 Å². The Balaban J connectivity index is 1.39. The van der Waals surface area contributed by atoms with Gasteiger partial charge >= 0.3 is 0 Å². The number of nitrogens with one attached hydrogen (secondary N) is 1. The second-order valence-electron chi connectivity index (χ2n) is 7.55. The number of benzene rings is 2. The Kier molecular flexibility index (Phi) is 5.97. The molecule has 0 unspecified atom stereocenters. The minimum atomic E-state index is -0.326. The topological polar surface area (TPSA) is 70.5 Å². The molecule has 8 heteroatoms. The lowest BCUT2D eigenvalue weighted by Gasteiger charge is -2.36. The standard InChI is InChI=1S/C23H24FN5O2/c1-17-2-6-19(7-3-17)25-22(30)16-29-23(31)11-10-21(26-29)28-14-12-27(13-15-28)20-8-4-18(24)5-9-20/h2-11H,12-16H2,1H3,(H,25,30). The summed E-state index contributed by atoms with van der Waals surface area (Å²) in [5.41, 5.74) is 2.43. The summed E-state index contributed by atoms with van der Waals surface area (Å²) in [5.74, 6) is 0.0958. The van der Waals surface area contributed by atoms with Crippen LogP contribution in [0.3, 0.4) is 0 Å². The van der Waals surface area contributed by atoms with Crippen molar-refractivity contribution >= 4 is 23.1 Å². The maximum Gasteiger partial charge on any atom is 0.267 e. The van der Waals surface area contributed by atoms with Crippen LogP contribution in [0.25, 0.3) is 0 Å². The summed E-state index contributed by atoms with van der Waals surface area (Å²) >= 11 is 0. The van der Waals surface area contributed by atoms with Crippen molar-refractivity contribution in [3.8, 4) is 0 Å². The van der Waals surface area contributed by atoms with Gasteiger partial charge in [-0.25, -0.2) is 9.07 Å². The molecule has 0 radical (unpaired) electrons. The van der Waals surface area contributed by atoms with Crippen LogP contribution in [0.4, 0.5) is 21.6 Å². The number of carbonyl (C=O) groups excluding carboxylic acids is 1. The number of hydrogen-bond acceptors (Lipinski definition) is 5. The summed E-state index contributed by atoms with van der Waals surface area (Å²) in [5, 5.41) is 7.19. The van der Waals surface area contributed by atoms with Gasteiger partial charge in [0.2, 0.25) is 5.91 Å². The van der Waals surface area contributed by atoms with Crippen molar-refractivity contribution < 1.29 is 9.18 Å². The van der Waals surface area contributed by atoms with Crippen LogP contribution in [0.5, 0.6) is 0 Å². The van der Waals surface area contributed by atoms with Crippen LogP contribution in [-0.4, -0.2) is 41.9 Å². The Bertz CT molecular complexity index is 1100. The summed E-state index contributed by atoms with van der Waals surface area (Å²) in [6, 6.07) is 17.0. The van der Waals surface area contributed by atoms with E-state index in [0.29, 0.717) is 24.6 Å². The molecule has 0 atom stereocenters. The molecule has 160 valence electrons. The van der Waals surface area contributed by atoms with Crippen LogP contribution >= 0.6 is 0 Å². The van der Waals surface area contributed by atoms with E-state index in [4.69, 9.17) is 0 Å². The highest BCUT2D eigenvalue weighted by molar-refractivity contribution is 5.90. The van der Waals surface area contributed by atoms with Crippen LogP contribution in [0.1, 0.15) is 5.56 Å². The van der Waals surface area contributed by atoms with Crippen molar-refractivity contribution in [1.29, 1.82) is 0 Å². The monoisotopic (exact) mass is 421 g/mol. The summed E-state index contributed by atoms with van der Waals surface area (Å²) in [6.45, 7) is 4.73. The van der Waals surface area contributed by atoms with Crippen molar-refractivity contribution in [1.82, 2.24) is 9.78 Å². The number of carbonyl (C=O) groups is 1. The highest BCUT2D eigenvalue weighted by atomic mass is 19.1. The summed E-state index contributed by atoms with van der Waals surface area (Å²) < 4.78 is 14.3. The fraction of sp³-hybridized carbons (Fsp3) is 0.261. The fourth-order valence-corrected chi connectivity index (χ4v) is 3.54. The number of amides is 1. The van der Waals surface area contributed by atoms with Gasteiger partial charge in [0.25, 0.3) is 5.56 Å². The molecular formula is C23H24FN5O2. The zero-order valence-electron chi connectivity index (χ0n) is 17.3. The second kappa shape index (κ2) is 8.99. The number of piperazine rings is 1. The Labute approximate surface area is 179 Å². The number of anilines is 3. The van der Waals surface area contributed by atoms with Gasteiger partial charge in [-0.15, -0.1) is 0 Å². The van der Waals surface area contributed by atoms with Crippen LogP contribution in [-0.2, 0) is 11.3 Å². The van der Waals surface area contributed by atoms with Crippen LogP contribution in [0, 0.1) is 12.7 Å². The van der Waals surface area contributed by atoms with E-state index < -0.39 is 0 Å². The molecule has 3 aromatic rings. The third-order valence-corrected chi connectivity index (χ3v) is 5.28. The molecule has 4 rings (SSSR count). The SMILES string of the molecule is Cc1ccc(NC(=O)Cn2nc(N3CCN(c4ccc(F)cc4)CC3)ccc2=O)cc1. The van der Waals surface area contributed by atoms with E-state index in [1.807, 2.05) is 31.2 Å². The van der Waals surface area contributed by atoms with E-state index in [0.717, 1.165) is 24.3 Å². The van der Waals surface area contributed by atoms with Gasteiger partial charge in [-0.05, 0) is 49.4 Å². The maximum absolute atomic E-state index is 13.1. The number of aryl methyl sites for hydroxylation is 1. The maximum atomic E-state index is 13.1. The molecule has 1 N–H and O–H groups in total. The largest absolute Gasteiger partial charge is 0.368 e. The van der Waals surface area contributed by atoms with Crippen molar-refractivity contribution in [3.05, 3.63) is 82.4 Å². The molecule has 31 heavy (non-hydrogen) atoms. The smallest absolute Gasteiger partial charge is 0.267 e. The third-order valence-electron chi connectivity index (χ3n) is 5.28. The molecule has 2 heterocycles. The minimum absolute atomic E-state index is 0.157. The van der Waals surface area contributed by atoms with Gasteiger partial charge in [-0.2, -0.15) is 5.10 Å². The average Bonchev–Trinajstić information content (AvgIpc) is 2.78. The van der Waals surface area contributed by atoms with Crippen molar-refractivity contribution in [3.63, 3.8) is 0 Å². The molecule has 0 bridgehead atoms. The number of hydrogen-bond donors (Lipinski definition) is 1. The average molecular weight is 421 g/mol. The van der Waals surface area contributed by atoms with Crippen LogP contribution in [0.15, 0.2) is 65.5 Å². The van der Waals surface area contributed by atoms with Gasteiger partial charge in [-0.3, -0.25) is 9.59 Å². The lowest BCUT2D eigenvalue weighted by molar-refractivity contribution is -0.117. The molecular weight excluding hydrogens is 397 g/mol. The number of rotatable bonds is 5. The van der Waals surface area contributed by atoms with Gasteiger partial charge in [0.05, 0.1) is 0 Å². The lowest BCUT2D eigenvalue weighted by atomic mass is 10.2. The molecule has 1 aromatic heterocycles. The Hall–Kier alpha value is -3.68. The fourth-order valence-electron chi connectivity index (χ4n) is 3.54. The second-order valence-corrected chi connectivity index (χ2v) is 7.55. The summed E-state index contributed by atoms with van der Waals surface area (Å²) in [4.78, 5) is 28.8. The third kappa shape index (κ3) is 5.09. The summed E-state index contributed by atoms with van der Waals surface area (Å²) in [7, 11) is 0. The molecule has 0 saturated carbocycles. The van der Waals surface area contributed by atoms with E-state index in [-0.39, 0.29) is 23.8 Å². The van der Waals surface area contributed by atoms with E-state index in [1.165, 1.54) is 22.9 Å². The van der Waals surface area contributed by atoms with Gasteiger partial charge in [-0.1, -0.05) is 17.7 Å². The van der Waals surface area contributed by atoms with E-state index >= 15 is 0 Å². The molecule has 1 fully saturated rings. The van der Waals surface area contributed by atoms with Gasteiger partial charge in [0.1, 0.15) is 18.2 Å². The van der Waals surface area contributed by atoms with Gasteiger partial charge < -0.3 is 15.1 Å². The molecule has 1 aliphatic heterocycles. The van der Waals surface area contributed by atoms with Crippen LogP contribution < -0.4 is 20.7 Å². The van der Waals surface area contributed by atoms with Gasteiger partial charge in [0, 0.05) is 43.6 Å². The quantitative estimate of drug-likeness (QED) is 0.686. The Morgan fingerprint density at radius 3 is 2.26 bits per heavy atom. The number of nitrogens with zero attached hydrogens (tertiary/aromatic N) is 4. The van der Waals surface area contributed by atoms with E-state index in [1.54, 1.807) is 18.2 Å². The molecule has 1 saturated heterocycles. The highest BCUT2D eigenvalue weighted by Crippen LogP contribution is 2.19. The first-order valence-corrected chi connectivity index (χ1v) is 10.2. The predicted molar refractivity (Wildman–Crippen MR) is 119 cm³/mol. The summed E-state index contributed by atoms with van der Waals surface area (Å²) in [6.07, 6.45) is 0. The van der Waals surface area contributed by atoms with Crippen molar-refractivity contribution in [2.45, 2.75) is 13.5 Å². The molecule has 1 amide bonds. The molecule has 0 aliphatic carbocycles. The molecule has 0 spiro atoms. The van der Waals surface area contributed by atoms with Crippen LogP contribution in [0.2, 0.25) is 0 Å². The molecule has 7 nitrogen and oxygen atoms in total. The zero-order chi connectivity index (χ0) is 21.8. The molecule has 1 aliphatic rings.